The van der Waals surface area contributed by atoms with Gasteiger partial charge in [-0.2, -0.15) is 5.10 Å². The first-order valence-corrected chi connectivity index (χ1v) is 7.86. The van der Waals surface area contributed by atoms with Crippen LogP contribution in [0.25, 0.3) is 11.6 Å². The van der Waals surface area contributed by atoms with E-state index in [1.165, 1.54) is 12.3 Å². The summed E-state index contributed by atoms with van der Waals surface area (Å²) in [6.07, 6.45) is 3.32. The van der Waals surface area contributed by atoms with Gasteiger partial charge >= 0.3 is 5.00 Å². The zero-order chi connectivity index (χ0) is 16.8. The molecule has 9 heteroatoms. The quantitative estimate of drug-likeness (QED) is 0.364. The van der Waals surface area contributed by atoms with Crippen molar-refractivity contribution in [1.29, 1.82) is 0 Å². The predicted molar refractivity (Wildman–Crippen MR) is 98.7 cm³/mol. The molecule has 0 fully saturated rings. The highest BCUT2D eigenvalue weighted by atomic mass is 35.5. The average Bonchev–Trinajstić information content (AvgIpc) is 2.95. The van der Waals surface area contributed by atoms with Crippen LogP contribution < -0.4 is 11.2 Å². The molecule has 23 heavy (non-hydrogen) atoms. The van der Waals surface area contributed by atoms with Gasteiger partial charge in [0.25, 0.3) is 0 Å². The maximum absolute atomic E-state index is 10.8. The molecule has 1 aromatic carbocycles. The largest absolute Gasteiger partial charge is 0.375 e. The van der Waals surface area contributed by atoms with E-state index in [0.29, 0.717) is 5.02 Å². The summed E-state index contributed by atoms with van der Waals surface area (Å²) in [5.74, 6) is 0. The lowest BCUT2D eigenvalue weighted by Gasteiger charge is -2.03. The summed E-state index contributed by atoms with van der Waals surface area (Å²) in [5.41, 5.74) is 9.37. The van der Waals surface area contributed by atoms with E-state index in [9.17, 15) is 10.1 Å². The Morgan fingerprint density at radius 3 is 2.61 bits per heavy atom. The Kier molecular flexibility index (Phi) is 5.80. The third-order valence-corrected chi connectivity index (χ3v) is 3.97. The van der Waals surface area contributed by atoms with E-state index >= 15 is 0 Å². The molecule has 1 aromatic heterocycles. The predicted octanol–water partition coefficient (Wildman–Crippen LogP) is 3.67. The van der Waals surface area contributed by atoms with Gasteiger partial charge in [0.15, 0.2) is 5.11 Å². The second-order valence-electron chi connectivity index (χ2n) is 4.27. The number of hydrogen-bond acceptors (Lipinski definition) is 5. The summed E-state index contributed by atoms with van der Waals surface area (Å²) in [6.45, 7) is 0. The zero-order valence-electron chi connectivity index (χ0n) is 11.6. The van der Waals surface area contributed by atoms with Gasteiger partial charge in [0.1, 0.15) is 0 Å². The van der Waals surface area contributed by atoms with Gasteiger partial charge in [-0.25, -0.2) is 0 Å². The average molecular weight is 367 g/mol. The van der Waals surface area contributed by atoms with Crippen LogP contribution in [-0.4, -0.2) is 16.3 Å². The Bertz CT molecular complexity index is 784. The maximum atomic E-state index is 10.8. The lowest BCUT2D eigenvalue weighted by atomic mass is 10.1. The molecule has 0 aliphatic heterocycles. The van der Waals surface area contributed by atoms with Crippen molar-refractivity contribution in [2.24, 2.45) is 10.8 Å². The summed E-state index contributed by atoms with van der Waals surface area (Å²) in [7, 11) is 0. The van der Waals surface area contributed by atoms with E-state index in [1.807, 2.05) is 12.1 Å². The Morgan fingerprint density at radius 2 is 2.04 bits per heavy atom. The number of thiophene rings is 1. The number of nitrogens with zero attached hydrogens (tertiary/aromatic N) is 2. The molecule has 0 aliphatic rings. The van der Waals surface area contributed by atoms with Crippen molar-refractivity contribution < 1.29 is 4.92 Å². The fraction of sp³-hybridized carbons (Fsp3) is 0. The molecule has 0 bridgehead atoms. The van der Waals surface area contributed by atoms with Gasteiger partial charge in [0.05, 0.1) is 11.1 Å². The summed E-state index contributed by atoms with van der Waals surface area (Å²) in [6, 6.07) is 10.3. The molecule has 118 valence electrons. The SMILES string of the molecule is NC(=S)NN=CC(=Cc1ccc([N+](=O)[O-])s1)c1ccc(Cl)cc1. The number of hydrogen-bond donors (Lipinski definition) is 2. The second kappa shape index (κ2) is 7.82. The molecule has 0 saturated heterocycles. The van der Waals surface area contributed by atoms with Crippen LogP contribution >= 0.6 is 35.2 Å². The van der Waals surface area contributed by atoms with Gasteiger partial charge in [0.2, 0.25) is 0 Å². The van der Waals surface area contributed by atoms with Gasteiger partial charge in [0, 0.05) is 21.5 Å². The first-order chi connectivity index (χ1) is 11.0. The van der Waals surface area contributed by atoms with Gasteiger partial charge < -0.3 is 5.73 Å². The highest BCUT2D eigenvalue weighted by Crippen LogP contribution is 2.27. The second-order valence-corrected chi connectivity index (χ2v) is 6.24. The lowest BCUT2D eigenvalue weighted by Crippen LogP contribution is -2.24. The topological polar surface area (TPSA) is 93.5 Å². The first kappa shape index (κ1) is 17.1. The molecule has 6 nitrogen and oxygen atoms in total. The smallest absolute Gasteiger partial charge is 0.324 e. The molecular weight excluding hydrogens is 356 g/mol. The molecule has 3 N–H and O–H groups in total. The highest BCUT2D eigenvalue weighted by molar-refractivity contribution is 7.80. The van der Waals surface area contributed by atoms with Crippen LogP contribution in [0.15, 0.2) is 41.5 Å². The zero-order valence-corrected chi connectivity index (χ0v) is 14.0. The van der Waals surface area contributed by atoms with Crippen LogP contribution in [0.2, 0.25) is 5.02 Å². The van der Waals surface area contributed by atoms with Crippen LogP contribution in [-0.2, 0) is 0 Å². The lowest BCUT2D eigenvalue weighted by molar-refractivity contribution is -0.380. The fourth-order valence-electron chi connectivity index (χ4n) is 1.67. The van der Waals surface area contributed by atoms with Crippen molar-refractivity contribution in [2.45, 2.75) is 0 Å². The van der Waals surface area contributed by atoms with Crippen molar-refractivity contribution >= 4 is 63.1 Å². The van der Waals surface area contributed by atoms with Crippen molar-refractivity contribution in [1.82, 2.24) is 5.43 Å². The molecule has 0 saturated carbocycles. The van der Waals surface area contributed by atoms with Gasteiger partial charge in [-0.15, -0.1) is 0 Å². The Balaban J connectivity index is 2.36. The highest BCUT2D eigenvalue weighted by Gasteiger charge is 2.09. The number of thiocarbonyl (C=S) groups is 1. The molecule has 0 atom stereocenters. The van der Waals surface area contributed by atoms with Gasteiger partial charge in [-0.3, -0.25) is 15.5 Å². The van der Waals surface area contributed by atoms with E-state index in [2.05, 4.69) is 22.7 Å². The van der Waals surface area contributed by atoms with Crippen LogP contribution in [0.3, 0.4) is 0 Å². The third kappa shape index (κ3) is 5.13. The monoisotopic (exact) mass is 366 g/mol. The van der Waals surface area contributed by atoms with Crippen molar-refractivity contribution in [3.05, 3.63) is 62.0 Å². The Morgan fingerprint density at radius 1 is 1.35 bits per heavy atom. The standard InChI is InChI=1S/C14H11ClN4O2S2/c15-11-3-1-9(2-4-11)10(8-17-18-14(16)22)7-12-5-6-13(23-12)19(20)21/h1-8H,(H3,16,18,22). The van der Waals surface area contributed by atoms with E-state index < -0.39 is 4.92 Å². The van der Waals surface area contributed by atoms with E-state index in [-0.39, 0.29) is 10.1 Å². The fourth-order valence-corrected chi connectivity index (χ4v) is 2.63. The van der Waals surface area contributed by atoms with Crippen molar-refractivity contribution in [3.63, 3.8) is 0 Å². The van der Waals surface area contributed by atoms with E-state index in [4.69, 9.17) is 17.3 Å². The molecule has 0 radical (unpaired) electrons. The van der Waals surface area contributed by atoms with Crippen LogP contribution in [0.4, 0.5) is 5.00 Å². The Hall–Kier alpha value is -2.29. The number of nitrogens with two attached hydrogens (primary N) is 1. The summed E-state index contributed by atoms with van der Waals surface area (Å²) in [4.78, 5) is 11.1. The molecule has 2 rings (SSSR count). The maximum Gasteiger partial charge on any atom is 0.324 e. The normalized spacial score (nSPS) is 11.6. The molecule has 2 aromatic rings. The number of allylic oxidation sites excluding steroid dienone is 1. The van der Waals surface area contributed by atoms with E-state index in [0.717, 1.165) is 27.4 Å². The number of halogens is 1. The summed E-state index contributed by atoms with van der Waals surface area (Å²) < 4.78 is 0. The molecule has 0 aliphatic carbocycles. The molecule has 0 unspecified atom stereocenters. The summed E-state index contributed by atoms with van der Waals surface area (Å²) in [5, 5.41) is 15.4. The van der Waals surface area contributed by atoms with Crippen LogP contribution in [0.1, 0.15) is 10.4 Å². The van der Waals surface area contributed by atoms with Crippen LogP contribution in [0.5, 0.6) is 0 Å². The van der Waals surface area contributed by atoms with Crippen molar-refractivity contribution in [2.75, 3.05) is 0 Å². The first-order valence-electron chi connectivity index (χ1n) is 6.26. The van der Waals surface area contributed by atoms with E-state index in [1.54, 1.807) is 24.3 Å². The minimum absolute atomic E-state index is 0.0449. The Labute approximate surface area is 146 Å². The van der Waals surface area contributed by atoms with Crippen LogP contribution in [0, 0.1) is 10.1 Å². The molecule has 0 amide bonds. The number of nitro groups is 1. The minimum Gasteiger partial charge on any atom is -0.375 e. The number of benzene rings is 1. The van der Waals surface area contributed by atoms with Gasteiger partial charge in [-0.1, -0.05) is 35.1 Å². The number of hydrazone groups is 1. The molecule has 1 heterocycles. The van der Waals surface area contributed by atoms with Gasteiger partial charge in [-0.05, 0) is 42.1 Å². The molecular formula is C14H11ClN4O2S2. The van der Waals surface area contributed by atoms with Crippen molar-refractivity contribution in [3.8, 4) is 0 Å². The molecule has 0 spiro atoms. The minimum atomic E-state index is -0.424. The number of nitrogens with one attached hydrogen (secondary N) is 1. The third-order valence-electron chi connectivity index (χ3n) is 2.65. The number of rotatable bonds is 5. The summed E-state index contributed by atoms with van der Waals surface area (Å²) >= 11 is 11.6.